The molecule has 0 spiro atoms. The lowest BCUT2D eigenvalue weighted by atomic mass is 9.67. The Morgan fingerprint density at radius 1 is 0.208 bits per heavy atom. The Hall–Kier alpha value is -9.82. The molecule has 0 unspecified atom stereocenters. The van der Waals surface area contributed by atoms with Gasteiger partial charge in [0.25, 0.3) is 0 Å². The summed E-state index contributed by atoms with van der Waals surface area (Å²) in [6.45, 7) is 0. The number of rotatable bonds is 9. The van der Waals surface area contributed by atoms with E-state index in [1.54, 1.807) is 0 Å². The van der Waals surface area contributed by atoms with E-state index >= 15 is 0 Å². The van der Waals surface area contributed by atoms with E-state index in [1.807, 2.05) is 0 Å². The van der Waals surface area contributed by atoms with Gasteiger partial charge in [0.15, 0.2) is 0 Å². The second-order valence-electron chi connectivity index (χ2n) is 20.6. The number of fused-ring (bicyclic) bond motifs is 8. The Balaban J connectivity index is 0.962. The van der Waals surface area contributed by atoms with Crippen molar-refractivity contribution >= 4 is 38.6 Å². The van der Waals surface area contributed by atoms with E-state index in [1.165, 1.54) is 111 Å². The van der Waals surface area contributed by atoms with Crippen molar-refractivity contribution in [2.45, 2.75) is 10.8 Å². The standard InChI is InChI=1S/C76H51N/c1-6-24-52(25-7-1)73-63-36-16-18-38-65(63)74(66-39-19-17-37-64(66)73)53-42-44-58(45-43-53)77(59-46-48-71-67(50-59)61-34-20-22-40-69(61)75(71,54-26-8-2-9-27-54)55-28-10-3-11-29-55)60-47-49-72-68(51-60)62-35-21-23-41-70(62)76(72,56-30-12-4-13-31-56)57-32-14-5-15-33-57/h1-51H. The zero-order valence-electron chi connectivity index (χ0n) is 42.4. The van der Waals surface area contributed by atoms with E-state index in [9.17, 15) is 0 Å². The quantitative estimate of drug-likeness (QED) is 0.130. The lowest BCUT2D eigenvalue weighted by molar-refractivity contribution is 0.768. The van der Waals surface area contributed by atoms with E-state index in [0.29, 0.717) is 0 Å². The maximum absolute atomic E-state index is 2.49. The SMILES string of the molecule is c1ccc(-c2c3ccccc3c(-c3ccc(N(c4ccc5c(c4)-c4ccccc4C5(c4ccccc4)c4ccccc4)c4ccc5c(c4)-c4ccccc4C5(c4ccccc4)c4ccccc4)cc3)c3ccccc23)cc1. The molecule has 0 heterocycles. The van der Waals surface area contributed by atoms with Crippen molar-refractivity contribution in [1.82, 2.24) is 0 Å². The molecule has 1 heteroatoms. The van der Waals surface area contributed by atoms with Gasteiger partial charge in [-0.1, -0.05) is 273 Å². The van der Waals surface area contributed by atoms with Crippen LogP contribution >= 0.6 is 0 Å². The molecule has 0 saturated carbocycles. The maximum atomic E-state index is 2.49. The van der Waals surface area contributed by atoms with Gasteiger partial charge in [0.1, 0.15) is 0 Å². The van der Waals surface area contributed by atoms with Crippen LogP contribution in [0.2, 0.25) is 0 Å². The van der Waals surface area contributed by atoms with Crippen molar-refractivity contribution in [3.8, 4) is 44.5 Å². The fourth-order valence-electron chi connectivity index (χ4n) is 13.7. The fraction of sp³-hybridized carbons (Fsp3) is 0.0263. The van der Waals surface area contributed by atoms with Gasteiger partial charge in [-0.2, -0.15) is 0 Å². The van der Waals surface area contributed by atoms with E-state index in [4.69, 9.17) is 0 Å². The third-order valence-electron chi connectivity index (χ3n) is 16.8. The minimum Gasteiger partial charge on any atom is -0.310 e. The topological polar surface area (TPSA) is 3.24 Å². The summed E-state index contributed by atoms with van der Waals surface area (Å²) in [4.78, 5) is 2.49. The summed E-state index contributed by atoms with van der Waals surface area (Å²) < 4.78 is 0. The molecule has 0 aromatic heterocycles. The van der Waals surface area contributed by atoms with Crippen LogP contribution in [0.25, 0.3) is 66.1 Å². The molecule has 77 heavy (non-hydrogen) atoms. The highest BCUT2D eigenvalue weighted by molar-refractivity contribution is 6.21. The van der Waals surface area contributed by atoms with E-state index in [-0.39, 0.29) is 0 Å². The molecule has 0 atom stereocenters. The van der Waals surface area contributed by atoms with Gasteiger partial charge >= 0.3 is 0 Å². The Labute approximate surface area is 450 Å². The largest absolute Gasteiger partial charge is 0.310 e. The number of hydrogen-bond acceptors (Lipinski definition) is 1. The smallest absolute Gasteiger partial charge is 0.0713 e. The van der Waals surface area contributed by atoms with Crippen molar-refractivity contribution < 1.29 is 0 Å². The molecule has 0 aliphatic heterocycles. The molecule has 15 rings (SSSR count). The Kier molecular flexibility index (Phi) is 10.4. The van der Waals surface area contributed by atoms with Gasteiger partial charge in [-0.05, 0) is 147 Å². The molecule has 13 aromatic carbocycles. The first-order valence-electron chi connectivity index (χ1n) is 26.8. The molecule has 0 bridgehead atoms. The molecule has 0 amide bonds. The number of hydrogen-bond donors (Lipinski definition) is 0. The lowest BCUT2D eigenvalue weighted by Crippen LogP contribution is -2.28. The molecule has 360 valence electrons. The first kappa shape index (κ1) is 44.6. The highest BCUT2D eigenvalue weighted by Crippen LogP contribution is 2.59. The van der Waals surface area contributed by atoms with Crippen LogP contribution < -0.4 is 4.90 Å². The summed E-state index contributed by atoms with van der Waals surface area (Å²) in [5, 5.41) is 4.98. The molecule has 0 saturated heterocycles. The normalized spacial score (nSPS) is 13.4. The van der Waals surface area contributed by atoms with E-state index in [2.05, 4.69) is 314 Å². The fourth-order valence-corrected chi connectivity index (χ4v) is 13.7. The highest BCUT2D eigenvalue weighted by Gasteiger charge is 2.48. The predicted octanol–water partition coefficient (Wildman–Crippen LogP) is 19.5. The van der Waals surface area contributed by atoms with Crippen LogP contribution in [-0.2, 0) is 10.8 Å². The van der Waals surface area contributed by atoms with Gasteiger partial charge in [0, 0.05) is 17.1 Å². The summed E-state index contributed by atoms with van der Waals surface area (Å²) in [7, 11) is 0. The molecular formula is C76H51N. The Morgan fingerprint density at radius 3 is 0.870 bits per heavy atom. The van der Waals surface area contributed by atoms with Crippen LogP contribution in [-0.4, -0.2) is 0 Å². The second-order valence-corrected chi connectivity index (χ2v) is 20.6. The zero-order valence-corrected chi connectivity index (χ0v) is 42.4. The van der Waals surface area contributed by atoms with E-state index < -0.39 is 10.8 Å². The summed E-state index contributed by atoms with van der Waals surface area (Å²) in [5.41, 5.74) is 22.3. The van der Waals surface area contributed by atoms with Crippen molar-refractivity contribution in [3.05, 3.63) is 354 Å². The van der Waals surface area contributed by atoms with Crippen LogP contribution in [0, 0.1) is 0 Å². The molecule has 0 fully saturated rings. The molecular weight excluding hydrogens is 927 g/mol. The van der Waals surface area contributed by atoms with E-state index in [0.717, 1.165) is 17.1 Å². The summed E-state index contributed by atoms with van der Waals surface area (Å²) in [6.07, 6.45) is 0. The minimum absolute atomic E-state index is 0.503. The molecule has 2 aliphatic carbocycles. The van der Waals surface area contributed by atoms with Crippen LogP contribution in [0.1, 0.15) is 44.5 Å². The lowest BCUT2D eigenvalue weighted by Gasteiger charge is -2.34. The third kappa shape index (κ3) is 6.67. The number of benzene rings is 13. The third-order valence-corrected chi connectivity index (χ3v) is 16.8. The van der Waals surface area contributed by atoms with Gasteiger partial charge in [-0.3, -0.25) is 0 Å². The highest BCUT2D eigenvalue weighted by atomic mass is 15.1. The van der Waals surface area contributed by atoms with Gasteiger partial charge in [0.2, 0.25) is 0 Å². The molecule has 0 radical (unpaired) electrons. The monoisotopic (exact) mass is 977 g/mol. The summed E-state index contributed by atoms with van der Waals surface area (Å²) in [5.74, 6) is 0. The van der Waals surface area contributed by atoms with Crippen LogP contribution in [0.4, 0.5) is 17.1 Å². The Morgan fingerprint density at radius 2 is 0.494 bits per heavy atom. The van der Waals surface area contributed by atoms with Crippen molar-refractivity contribution in [2.24, 2.45) is 0 Å². The van der Waals surface area contributed by atoms with Crippen LogP contribution in [0.5, 0.6) is 0 Å². The van der Waals surface area contributed by atoms with Crippen molar-refractivity contribution in [2.75, 3.05) is 4.90 Å². The average Bonchev–Trinajstić information content (AvgIpc) is 4.11. The zero-order chi connectivity index (χ0) is 50.9. The second kappa shape index (κ2) is 17.9. The summed E-state index contributed by atoms with van der Waals surface area (Å²) >= 11 is 0. The average molecular weight is 978 g/mol. The van der Waals surface area contributed by atoms with Gasteiger partial charge < -0.3 is 4.90 Å². The molecule has 2 aliphatic rings. The van der Waals surface area contributed by atoms with Crippen LogP contribution in [0.3, 0.4) is 0 Å². The molecule has 0 N–H and O–H groups in total. The maximum Gasteiger partial charge on any atom is 0.0713 e. The van der Waals surface area contributed by atoms with Crippen molar-refractivity contribution in [3.63, 3.8) is 0 Å². The first-order chi connectivity index (χ1) is 38.2. The summed E-state index contributed by atoms with van der Waals surface area (Å²) in [6, 6.07) is 115. The molecule has 13 aromatic rings. The van der Waals surface area contributed by atoms with Crippen LogP contribution in [0.15, 0.2) is 309 Å². The Bertz CT molecular complexity index is 4040. The molecule has 1 nitrogen and oxygen atoms in total. The van der Waals surface area contributed by atoms with Gasteiger partial charge in [-0.25, -0.2) is 0 Å². The predicted molar refractivity (Wildman–Crippen MR) is 322 cm³/mol. The number of nitrogens with zero attached hydrogens (tertiary/aromatic N) is 1. The number of anilines is 3. The minimum atomic E-state index is -0.503. The van der Waals surface area contributed by atoms with Gasteiger partial charge in [-0.15, -0.1) is 0 Å². The van der Waals surface area contributed by atoms with Crippen molar-refractivity contribution in [1.29, 1.82) is 0 Å². The van der Waals surface area contributed by atoms with Gasteiger partial charge in [0.05, 0.1) is 10.8 Å². The first-order valence-corrected chi connectivity index (χ1v) is 26.8.